The van der Waals surface area contributed by atoms with Crippen molar-refractivity contribution >= 4 is 9.04 Å². The smallest absolute Gasteiger partial charge is 0.253 e. The summed E-state index contributed by atoms with van der Waals surface area (Å²) in [5.74, 6) is 2.71. The topological polar surface area (TPSA) is 20.2 Å². The molecule has 1 unspecified atom stereocenters. The van der Waals surface area contributed by atoms with Crippen LogP contribution in [0.1, 0.15) is 20.3 Å². The van der Waals surface area contributed by atoms with Crippen molar-refractivity contribution in [3.63, 3.8) is 0 Å². The third-order valence-electron chi connectivity index (χ3n) is 0.873. The average molecular weight is 128 g/mol. The fourth-order valence-electron chi connectivity index (χ4n) is 0.512. The molecular weight excluding hydrogens is 116 g/mol. The van der Waals surface area contributed by atoms with Gasteiger partial charge in [-0.25, -0.2) is 0 Å². The minimum absolute atomic E-state index is 0.931. The van der Waals surface area contributed by atoms with Gasteiger partial charge in [-0.1, -0.05) is 13.3 Å². The highest BCUT2D eigenvalue weighted by molar-refractivity contribution is 6.59. The number of rotatable bonds is 2. The summed E-state index contributed by atoms with van der Waals surface area (Å²) in [7, 11) is -1.56. The monoisotopic (exact) mass is 128 g/mol. The SMILES string of the molecule is CC#C[SiH](O)CCC. The third kappa shape index (κ3) is 3.91. The van der Waals surface area contributed by atoms with E-state index in [4.69, 9.17) is 4.80 Å². The molecule has 0 radical (unpaired) electrons. The van der Waals surface area contributed by atoms with E-state index in [0.29, 0.717) is 0 Å². The highest BCUT2D eigenvalue weighted by Gasteiger charge is 1.97. The molecule has 0 heterocycles. The van der Waals surface area contributed by atoms with E-state index in [-0.39, 0.29) is 0 Å². The molecule has 0 bridgehead atoms. The Morgan fingerprint density at radius 2 is 2.25 bits per heavy atom. The minimum atomic E-state index is -1.56. The molecule has 0 aromatic carbocycles. The standard InChI is InChI=1S/C6H12OSi/c1-3-5-8(7)6-4-2/h7-8H,3,5H2,1-2H3. The van der Waals surface area contributed by atoms with Gasteiger partial charge in [-0.2, -0.15) is 0 Å². The summed E-state index contributed by atoms with van der Waals surface area (Å²) in [5.41, 5.74) is 2.79. The molecule has 0 rings (SSSR count). The van der Waals surface area contributed by atoms with Crippen LogP contribution >= 0.6 is 0 Å². The summed E-state index contributed by atoms with van der Waals surface area (Å²) in [4.78, 5) is 9.01. The lowest BCUT2D eigenvalue weighted by atomic mass is 10.6. The van der Waals surface area contributed by atoms with Gasteiger partial charge in [-0.15, -0.1) is 11.5 Å². The van der Waals surface area contributed by atoms with Crippen LogP contribution in [-0.4, -0.2) is 13.8 Å². The molecule has 0 aliphatic carbocycles. The van der Waals surface area contributed by atoms with Gasteiger partial charge in [0.25, 0.3) is 9.04 Å². The van der Waals surface area contributed by atoms with Crippen LogP contribution in [0.3, 0.4) is 0 Å². The van der Waals surface area contributed by atoms with E-state index in [1.165, 1.54) is 0 Å². The average Bonchev–Trinajstić information content (AvgIpc) is 1.68. The van der Waals surface area contributed by atoms with Crippen molar-refractivity contribution in [2.45, 2.75) is 26.3 Å². The molecule has 2 heteroatoms. The normalized spacial score (nSPS) is 11.9. The fourth-order valence-corrected chi connectivity index (χ4v) is 1.54. The van der Waals surface area contributed by atoms with Crippen LogP contribution in [0.2, 0.25) is 6.04 Å². The van der Waals surface area contributed by atoms with E-state index < -0.39 is 9.04 Å². The Labute approximate surface area is 52.5 Å². The van der Waals surface area contributed by atoms with Crippen molar-refractivity contribution in [1.29, 1.82) is 0 Å². The molecule has 0 aliphatic rings. The maximum Gasteiger partial charge on any atom is 0.253 e. The lowest BCUT2D eigenvalue weighted by Gasteiger charge is -1.92. The van der Waals surface area contributed by atoms with Crippen molar-refractivity contribution in [3.05, 3.63) is 0 Å². The molecule has 1 N–H and O–H groups in total. The molecule has 0 fully saturated rings. The summed E-state index contributed by atoms with van der Waals surface area (Å²) in [5, 5.41) is 0. The Balaban J connectivity index is 3.27. The quantitative estimate of drug-likeness (QED) is 0.428. The summed E-state index contributed by atoms with van der Waals surface area (Å²) in [6.45, 7) is 3.83. The molecular formula is C6H12OSi. The Hall–Kier alpha value is -0.263. The van der Waals surface area contributed by atoms with Gasteiger partial charge in [0, 0.05) is 0 Å². The Kier molecular flexibility index (Phi) is 4.72. The second-order valence-electron chi connectivity index (χ2n) is 1.70. The molecule has 0 amide bonds. The van der Waals surface area contributed by atoms with E-state index >= 15 is 0 Å². The van der Waals surface area contributed by atoms with Crippen molar-refractivity contribution < 1.29 is 4.80 Å². The van der Waals surface area contributed by atoms with E-state index in [1.54, 1.807) is 6.92 Å². The second-order valence-corrected chi connectivity index (χ2v) is 3.60. The molecule has 1 nitrogen and oxygen atoms in total. The van der Waals surface area contributed by atoms with Crippen LogP contribution in [0, 0.1) is 11.5 Å². The minimum Gasteiger partial charge on any atom is -0.424 e. The van der Waals surface area contributed by atoms with Crippen LogP contribution in [0.5, 0.6) is 0 Å². The van der Waals surface area contributed by atoms with Crippen LogP contribution in [0.25, 0.3) is 0 Å². The molecule has 46 valence electrons. The Morgan fingerprint density at radius 1 is 1.62 bits per heavy atom. The van der Waals surface area contributed by atoms with Gasteiger partial charge in [-0.05, 0) is 13.0 Å². The molecule has 0 saturated heterocycles. The summed E-state index contributed by atoms with van der Waals surface area (Å²) in [6, 6.07) is 0.931. The Morgan fingerprint density at radius 3 is 2.62 bits per heavy atom. The van der Waals surface area contributed by atoms with Crippen molar-refractivity contribution in [2.75, 3.05) is 0 Å². The summed E-state index contributed by atoms with van der Waals surface area (Å²) >= 11 is 0. The van der Waals surface area contributed by atoms with Crippen molar-refractivity contribution in [1.82, 2.24) is 0 Å². The third-order valence-corrected chi connectivity index (χ3v) is 2.62. The first-order valence-corrected chi connectivity index (χ1v) is 4.82. The zero-order chi connectivity index (χ0) is 6.41. The first-order chi connectivity index (χ1) is 3.81. The fraction of sp³-hybridized carbons (Fsp3) is 0.667. The van der Waals surface area contributed by atoms with Gasteiger partial charge < -0.3 is 4.80 Å². The number of hydrogen-bond donors (Lipinski definition) is 1. The highest BCUT2D eigenvalue weighted by atomic mass is 28.3. The zero-order valence-electron chi connectivity index (χ0n) is 5.44. The van der Waals surface area contributed by atoms with Gasteiger partial charge in [0.05, 0.1) is 0 Å². The maximum atomic E-state index is 9.01. The zero-order valence-corrected chi connectivity index (χ0v) is 6.59. The van der Waals surface area contributed by atoms with Crippen molar-refractivity contribution in [3.8, 4) is 11.5 Å². The molecule has 0 spiro atoms. The van der Waals surface area contributed by atoms with E-state index in [9.17, 15) is 0 Å². The summed E-state index contributed by atoms with van der Waals surface area (Å²) in [6.07, 6.45) is 1.06. The molecule has 0 aromatic rings. The lowest BCUT2D eigenvalue weighted by Crippen LogP contribution is -2.06. The van der Waals surface area contributed by atoms with Gasteiger partial charge in [-0.3, -0.25) is 0 Å². The molecule has 0 saturated carbocycles. The van der Waals surface area contributed by atoms with Crippen LogP contribution in [-0.2, 0) is 0 Å². The van der Waals surface area contributed by atoms with Gasteiger partial charge in [0.2, 0.25) is 0 Å². The first kappa shape index (κ1) is 7.74. The summed E-state index contributed by atoms with van der Waals surface area (Å²) < 4.78 is 0. The Bertz CT molecular complexity index is 101. The number of hydrogen-bond acceptors (Lipinski definition) is 1. The van der Waals surface area contributed by atoms with Gasteiger partial charge in [0.15, 0.2) is 0 Å². The predicted octanol–water partition coefficient (Wildman–Crippen LogP) is 0.675. The maximum absolute atomic E-state index is 9.01. The molecule has 0 aliphatic heterocycles. The molecule has 0 aromatic heterocycles. The van der Waals surface area contributed by atoms with Gasteiger partial charge >= 0.3 is 0 Å². The molecule has 1 atom stereocenters. The van der Waals surface area contributed by atoms with Crippen molar-refractivity contribution in [2.24, 2.45) is 0 Å². The lowest BCUT2D eigenvalue weighted by molar-refractivity contribution is 0.583. The van der Waals surface area contributed by atoms with Crippen LogP contribution in [0.4, 0.5) is 0 Å². The van der Waals surface area contributed by atoms with Crippen LogP contribution < -0.4 is 0 Å². The van der Waals surface area contributed by atoms with Crippen LogP contribution in [0.15, 0.2) is 0 Å². The first-order valence-electron chi connectivity index (χ1n) is 2.91. The van der Waals surface area contributed by atoms with E-state index in [0.717, 1.165) is 12.5 Å². The van der Waals surface area contributed by atoms with E-state index in [1.807, 2.05) is 0 Å². The van der Waals surface area contributed by atoms with E-state index in [2.05, 4.69) is 18.4 Å². The van der Waals surface area contributed by atoms with Gasteiger partial charge in [0.1, 0.15) is 0 Å². The second kappa shape index (κ2) is 4.89. The largest absolute Gasteiger partial charge is 0.424 e. The highest BCUT2D eigenvalue weighted by Crippen LogP contribution is 1.90. The predicted molar refractivity (Wildman–Crippen MR) is 37.9 cm³/mol. The molecule has 8 heavy (non-hydrogen) atoms.